The monoisotopic (exact) mass is 331 g/mol. The first-order chi connectivity index (χ1) is 11.4. The highest BCUT2D eigenvalue weighted by atomic mass is 19.4. The summed E-state index contributed by atoms with van der Waals surface area (Å²) in [5.41, 5.74) is 0.371. The lowest BCUT2D eigenvalue weighted by Crippen LogP contribution is -2.14. The number of hydrogen-bond donors (Lipinski definition) is 1. The van der Waals surface area contributed by atoms with Crippen molar-refractivity contribution in [2.45, 2.75) is 6.18 Å². The number of alkyl halides is 3. The molecule has 1 amide bonds. The fourth-order valence-corrected chi connectivity index (χ4v) is 2.16. The van der Waals surface area contributed by atoms with Crippen LogP contribution in [0.3, 0.4) is 0 Å². The van der Waals surface area contributed by atoms with E-state index < -0.39 is 17.6 Å². The van der Waals surface area contributed by atoms with Gasteiger partial charge in [0, 0.05) is 23.6 Å². The minimum absolute atomic E-state index is 0.0547. The number of aromatic nitrogens is 2. The van der Waals surface area contributed by atoms with Gasteiger partial charge < -0.3 is 5.32 Å². The molecule has 0 spiro atoms. The summed E-state index contributed by atoms with van der Waals surface area (Å²) in [4.78, 5) is 12.1. The SMILES string of the molecule is O=C(Nc1ccc(-n2cccn2)cc1)c1cccc(C(F)(F)F)c1. The van der Waals surface area contributed by atoms with Gasteiger partial charge >= 0.3 is 6.18 Å². The Hall–Kier alpha value is -3.09. The number of benzene rings is 2. The summed E-state index contributed by atoms with van der Waals surface area (Å²) in [5, 5.41) is 6.65. The molecule has 2 aromatic carbocycles. The lowest BCUT2D eigenvalue weighted by molar-refractivity contribution is -0.137. The first kappa shape index (κ1) is 15.8. The van der Waals surface area contributed by atoms with E-state index in [1.807, 2.05) is 0 Å². The highest BCUT2D eigenvalue weighted by Gasteiger charge is 2.30. The molecule has 0 atom stereocenters. The molecule has 1 aromatic heterocycles. The number of amides is 1. The third-order valence-electron chi connectivity index (χ3n) is 3.35. The van der Waals surface area contributed by atoms with E-state index in [1.165, 1.54) is 12.1 Å². The van der Waals surface area contributed by atoms with Crippen molar-refractivity contribution in [3.05, 3.63) is 78.1 Å². The molecule has 3 rings (SSSR count). The Bertz CT molecular complexity index is 840. The highest BCUT2D eigenvalue weighted by Crippen LogP contribution is 2.29. The second-order valence-electron chi connectivity index (χ2n) is 5.03. The van der Waals surface area contributed by atoms with Crippen molar-refractivity contribution in [1.29, 1.82) is 0 Å². The van der Waals surface area contributed by atoms with E-state index in [2.05, 4.69) is 10.4 Å². The van der Waals surface area contributed by atoms with Gasteiger partial charge in [-0.25, -0.2) is 4.68 Å². The summed E-state index contributed by atoms with van der Waals surface area (Å²) in [6, 6.07) is 12.9. The van der Waals surface area contributed by atoms with Crippen molar-refractivity contribution in [2.24, 2.45) is 0 Å². The Morgan fingerprint density at radius 1 is 1.04 bits per heavy atom. The van der Waals surface area contributed by atoms with E-state index in [9.17, 15) is 18.0 Å². The Morgan fingerprint density at radius 3 is 2.42 bits per heavy atom. The molecule has 0 aliphatic heterocycles. The van der Waals surface area contributed by atoms with Gasteiger partial charge in [0.15, 0.2) is 0 Å². The van der Waals surface area contributed by atoms with Crippen LogP contribution in [0.1, 0.15) is 15.9 Å². The third kappa shape index (κ3) is 3.45. The second-order valence-corrected chi connectivity index (χ2v) is 5.03. The van der Waals surface area contributed by atoms with Crippen LogP contribution in [0.2, 0.25) is 0 Å². The van der Waals surface area contributed by atoms with Crippen LogP contribution < -0.4 is 5.32 Å². The van der Waals surface area contributed by atoms with E-state index >= 15 is 0 Å². The number of anilines is 1. The van der Waals surface area contributed by atoms with Crippen LogP contribution >= 0.6 is 0 Å². The molecule has 1 heterocycles. The molecule has 0 unspecified atom stereocenters. The number of hydrogen-bond acceptors (Lipinski definition) is 2. The minimum atomic E-state index is -4.48. The summed E-state index contributed by atoms with van der Waals surface area (Å²) in [5.74, 6) is -0.604. The maximum Gasteiger partial charge on any atom is 0.416 e. The molecule has 0 fully saturated rings. The third-order valence-corrected chi connectivity index (χ3v) is 3.35. The lowest BCUT2D eigenvalue weighted by atomic mass is 10.1. The summed E-state index contributed by atoms with van der Waals surface area (Å²) in [7, 11) is 0. The predicted octanol–water partition coefficient (Wildman–Crippen LogP) is 4.14. The Balaban J connectivity index is 1.75. The molecule has 0 bridgehead atoms. The highest BCUT2D eigenvalue weighted by molar-refractivity contribution is 6.04. The summed E-state index contributed by atoms with van der Waals surface area (Å²) < 4.78 is 39.7. The van der Waals surface area contributed by atoms with Crippen LogP contribution in [0.4, 0.5) is 18.9 Å². The van der Waals surface area contributed by atoms with Crippen LogP contribution in [-0.4, -0.2) is 15.7 Å². The van der Waals surface area contributed by atoms with Gasteiger partial charge in [-0.3, -0.25) is 4.79 Å². The molecule has 3 aromatic rings. The van der Waals surface area contributed by atoms with Gasteiger partial charge in [-0.2, -0.15) is 18.3 Å². The van der Waals surface area contributed by atoms with Crippen LogP contribution in [0.15, 0.2) is 67.0 Å². The van der Waals surface area contributed by atoms with Crippen molar-refractivity contribution in [3.63, 3.8) is 0 Å². The van der Waals surface area contributed by atoms with Gasteiger partial charge in [0.05, 0.1) is 11.3 Å². The average molecular weight is 331 g/mol. The standard InChI is InChI=1S/C17H12F3N3O/c18-17(19,20)13-4-1-3-12(11-13)16(24)22-14-5-7-15(8-6-14)23-10-2-9-21-23/h1-11H,(H,22,24). The predicted molar refractivity (Wildman–Crippen MR) is 83.0 cm³/mol. The van der Waals surface area contributed by atoms with Crippen molar-refractivity contribution in [1.82, 2.24) is 9.78 Å². The zero-order chi connectivity index (χ0) is 17.2. The first-order valence-electron chi connectivity index (χ1n) is 7.02. The van der Waals surface area contributed by atoms with Crippen molar-refractivity contribution in [2.75, 3.05) is 5.32 Å². The zero-order valence-electron chi connectivity index (χ0n) is 12.3. The smallest absolute Gasteiger partial charge is 0.322 e. The number of nitrogens with zero attached hydrogens (tertiary/aromatic N) is 2. The largest absolute Gasteiger partial charge is 0.416 e. The zero-order valence-corrected chi connectivity index (χ0v) is 12.3. The minimum Gasteiger partial charge on any atom is -0.322 e. The molecule has 4 nitrogen and oxygen atoms in total. The normalized spacial score (nSPS) is 11.3. The molecule has 7 heteroatoms. The number of carbonyl (C=O) groups is 1. The van der Waals surface area contributed by atoms with Crippen LogP contribution in [0.5, 0.6) is 0 Å². The van der Waals surface area contributed by atoms with Gasteiger partial charge in [0.1, 0.15) is 0 Å². The lowest BCUT2D eigenvalue weighted by Gasteiger charge is -2.10. The van der Waals surface area contributed by atoms with Gasteiger partial charge in [-0.1, -0.05) is 6.07 Å². The number of rotatable bonds is 3. The molecule has 24 heavy (non-hydrogen) atoms. The summed E-state index contributed by atoms with van der Waals surface area (Å²) >= 11 is 0. The number of nitrogens with one attached hydrogen (secondary N) is 1. The maximum absolute atomic E-state index is 12.7. The number of halogens is 3. The average Bonchev–Trinajstić information content (AvgIpc) is 3.09. The topological polar surface area (TPSA) is 46.9 Å². The Labute approximate surface area is 135 Å². The molecule has 122 valence electrons. The molecule has 0 saturated heterocycles. The van der Waals surface area contributed by atoms with Crippen LogP contribution in [-0.2, 0) is 6.18 Å². The Morgan fingerprint density at radius 2 is 1.79 bits per heavy atom. The quantitative estimate of drug-likeness (QED) is 0.784. The van der Waals surface area contributed by atoms with Crippen LogP contribution in [0.25, 0.3) is 5.69 Å². The molecule has 0 aliphatic carbocycles. The number of carbonyl (C=O) groups excluding carboxylic acids is 1. The molecular formula is C17H12F3N3O. The van der Waals surface area contributed by atoms with Gasteiger partial charge in [-0.05, 0) is 48.5 Å². The van der Waals surface area contributed by atoms with Gasteiger partial charge in [-0.15, -0.1) is 0 Å². The van der Waals surface area contributed by atoms with Crippen molar-refractivity contribution >= 4 is 11.6 Å². The van der Waals surface area contributed by atoms with Crippen LogP contribution in [0, 0.1) is 0 Å². The van der Waals surface area contributed by atoms with Gasteiger partial charge in [0.2, 0.25) is 0 Å². The summed E-state index contributed by atoms with van der Waals surface area (Å²) in [6.07, 6.45) is -1.07. The van der Waals surface area contributed by atoms with E-state index in [0.717, 1.165) is 17.8 Å². The molecule has 0 saturated carbocycles. The molecule has 0 radical (unpaired) electrons. The van der Waals surface area contributed by atoms with Crippen molar-refractivity contribution < 1.29 is 18.0 Å². The molecule has 0 aliphatic rings. The van der Waals surface area contributed by atoms with E-state index in [1.54, 1.807) is 47.4 Å². The fourth-order valence-electron chi connectivity index (χ4n) is 2.16. The fraction of sp³-hybridized carbons (Fsp3) is 0.0588. The van der Waals surface area contributed by atoms with E-state index in [-0.39, 0.29) is 5.56 Å². The van der Waals surface area contributed by atoms with Crippen molar-refractivity contribution in [3.8, 4) is 5.69 Å². The molecular weight excluding hydrogens is 319 g/mol. The maximum atomic E-state index is 12.7. The van der Waals surface area contributed by atoms with E-state index in [4.69, 9.17) is 0 Å². The Kier molecular flexibility index (Phi) is 4.07. The first-order valence-corrected chi connectivity index (χ1v) is 7.02. The second kappa shape index (κ2) is 6.19. The summed E-state index contributed by atoms with van der Waals surface area (Å²) in [6.45, 7) is 0. The van der Waals surface area contributed by atoms with E-state index in [0.29, 0.717) is 5.69 Å². The van der Waals surface area contributed by atoms with Gasteiger partial charge in [0.25, 0.3) is 5.91 Å². The molecule has 1 N–H and O–H groups in total.